The molecule has 20 heavy (non-hydrogen) atoms. The van der Waals surface area contributed by atoms with Crippen LogP contribution in [0.4, 0.5) is 0 Å². The zero-order valence-electron chi connectivity index (χ0n) is 12.9. The van der Waals surface area contributed by atoms with E-state index in [1.807, 2.05) is 11.3 Å². The molecule has 1 unspecified atom stereocenters. The van der Waals surface area contributed by atoms with Crippen LogP contribution in [0.1, 0.15) is 48.4 Å². The lowest BCUT2D eigenvalue weighted by Crippen LogP contribution is -2.24. The van der Waals surface area contributed by atoms with Gasteiger partial charge in [0.15, 0.2) is 0 Å². The molecular formula is C16H27NO2S. The van der Waals surface area contributed by atoms with E-state index in [0.717, 1.165) is 26.2 Å². The zero-order chi connectivity index (χ0) is 14.4. The lowest BCUT2D eigenvalue weighted by atomic mass is 10.1. The maximum Gasteiger partial charge on any atom is 0.0808 e. The molecule has 1 aliphatic rings. The fourth-order valence-corrected chi connectivity index (χ4v) is 3.36. The maximum atomic E-state index is 5.84. The second kappa shape index (κ2) is 8.13. The van der Waals surface area contributed by atoms with Gasteiger partial charge in [0.1, 0.15) is 0 Å². The highest BCUT2D eigenvalue weighted by molar-refractivity contribution is 7.12. The number of hydrogen-bond acceptors (Lipinski definition) is 4. The van der Waals surface area contributed by atoms with Crippen molar-refractivity contribution in [2.24, 2.45) is 0 Å². The highest BCUT2D eigenvalue weighted by atomic mass is 32.1. The molecule has 1 fully saturated rings. The standard InChI is InChI=1S/C16H27NO2S/c1-12(2)17-9-16-8-14(13(3)20-16)10-18-11-15-6-4-5-7-19-15/h8,12,15,17H,4-7,9-11H2,1-3H3. The van der Waals surface area contributed by atoms with E-state index in [4.69, 9.17) is 9.47 Å². The summed E-state index contributed by atoms with van der Waals surface area (Å²) >= 11 is 1.87. The minimum absolute atomic E-state index is 0.310. The second-order valence-corrected chi connectivity index (χ2v) is 7.17. The van der Waals surface area contributed by atoms with Crippen LogP contribution in [0.25, 0.3) is 0 Å². The summed E-state index contributed by atoms with van der Waals surface area (Å²) in [6.07, 6.45) is 3.93. The molecule has 1 aromatic heterocycles. The van der Waals surface area contributed by atoms with Crippen LogP contribution in [0.5, 0.6) is 0 Å². The Balaban J connectivity index is 1.74. The molecule has 0 aliphatic carbocycles. The third-order valence-corrected chi connectivity index (χ3v) is 4.68. The molecule has 4 heteroatoms. The van der Waals surface area contributed by atoms with Gasteiger partial charge in [-0.3, -0.25) is 0 Å². The van der Waals surface area contributed by atoms with Gasteiger partial charge in [-0.05, 0) is 37.8 Å². The normalized spacial score (nSPS) is 19.7. The smallest absolute Gasteiger partial charge is 0.0808 e. The van der Waals surface area contributed by atoms with E-state index in [9.17, 15) is 0 Å². The summed E-state index contributed by atoms with van der Waals surface area (Å²) in [5, 5.41) is 3.46. The Bertz CT molecular complexity index is 397. The quantitative estimate of drug-likeness (QED) is 0.833. The molecule has 2 rings (SSSR count). The van der Waals surface area contributed by atoms with Crippen LogP contribution in [0.3, 0.4) is 0 Å². The molecule has 114 valence electrons. The van der Waals surface area contributed by atoms with Crippen LogP contribution >= 0.6 is 11.3 Å². The number of nitrogens with one attached hydrogen (secondary N) is 1. The molecule has 1 aromatic rings. The predicted molar refractivity (Wildman–Crippen MR) is 84.3 cm³/mol. The first-order valence-corrected chi connectivity index (χ1v) is 8.47. The average molecular weight is 297 g/mol. The molecule has 1 atom stereocenters. The van der Waals surface area contributed by atoms with E-state index in [0.29, 0.717) is 18.8 Å². The first-order chi connectivity index (χ1) is 9.65. The van der Waals surface area contributed by atoms with Gasteiger partial charge < -0.3 is 14.8 Å². The fraction of sp³-hybridized carbons (Fsp3) is 0.750. The summed E-state index contributed by atoms with van der Waals surface area (Å²) in [7, 11) is 0. The number of thiophene rings is 1. The molecule has 1 N–H and O–H groups in total. The maximum absolute atomic E-state index is 5.84. The van der Waals surface area contributed by atoms with Crippen molar-refractivity contribution in [2.75, 3.05) is 13.2 Å². The summed E-state index contributed by atoms with van der Waals surface area (Å²) in [6, 6.07) is 2.80. The largest absolute Gasteiger partial charge is 0.376 e. The van der Waals surface area contributed by atoms with Crippen molar-refractivity contribution in [2.45, 2.75) is 65.3 Å². The Hall–Kier alpha value is -0.420. The van der Waals surface area contributed by atoms with Crippen LogP contribution < -0.4 is 5.32 Å². The molecule has 2 heterocycles. The van der Waals surface area contributed by atoms with Crippen molar-refractivity contribution in [3.8, 4) is 0 Å². The van der Waals surface area contributed by atoms with E-state index in [2.05, 4.69) is 32.2 Å². The fourth-order valence-electron chi connectivity index (χ4n) is 2.36. The van der Waals surface area contributed by atoms with Crippen LogP contribution in [0, 0.1) is 6.92 Å². The summed E-state index contributed by atoms with van der Waals surface area (Å²) in [6.45, 7) is 9.83. The molecule has 0 aromatic carbocycles. The molecule has 3 nitrogen and oxygen atoms in total. The van der Waals surface area contributed by atoms with Crippen molar-refractivity contribution in [1.29, 1.82) is 0 Å². The lowest BCUT2D eigenvalue weighted by Gasteiger charge is -2.22. The van der Waals surface area contributed by atoms with Crippen molar-refractivity contribution in [3.63, 3.8) is 0 Å². The van der Waals surface area contributed by atoms with E-state index in [-0.39, 0.29) is 0 Å². The number of hydrogen-bond donors (Lipinski definition) is 1. The average Bonchev–Trinajstić information content (AvgIpc) is 2.78. The van der Waals surface area contributed by atoms with Crippen molar-refractivity contribution in [3.05, 3.63) is 21.4 Å². The summed E-state index contributed by atoms with van der Waals surface area (Å²) in [5.74, 6) is 0. The Morgan fingerprint density at radius 3 is 3.00 bits per heavy atom. The van der Waals surface area contributed by atoms with Crippen molar-refractivity contribution in [1.82, 2.24) is 5.32 Å². The van der Waals surface area contributed by atoms with Crippen molar-refractivity contribution >= 4 is 11.3 Å². The van der Waals surface area contributed by atoms with Crippen LogP contribution in [0.2, 0.25) is 0 Å². The molecule has 1 saturated heterocycles. The van der Waals surface area contributed by atoms with Gasteiger partial charge in [0.2, 0.25) is 0 Å². The van der Waals surface area contributed by atoms with E-state index < -0.39 is 0 Å². The zero-order valence-corrected chi connectivity index (χ0v) is 13.7. The molecule has 0 amide bonds. The summed E-state index contributed by atoms with van der Waals surface area (Å²) in [4.78, 5) is 2.76. The van der Waals surface area contributed by atoms with Gasteiger partial charge in [-0.25, -0.2) is 0 Å². The van der Waals surface area contributed by atoms with Gasteiger partial charge in [0, 0.05) is 28.9 Å². The Kier molecular flexibility index (Phi) is 6.49. The van der Waals surface area contributed by atoms with Gasteiger partial charge in [-0.15, -0.1) is 11.3 Å². The minimum Gasteiger partial charge on any atom is -0.376 e. The highest BCUT2D eigenvalue weighted by Crippen LogP contribution is 2.23. The van der Waals surface area contributed by atoms with Crippen LogP contribution in [0.15, 0.2) is 6.07 Å². The van der Waals surface area contributed by atoms with E-state index in [1.54, 1.807) is 0 Å². The third-order valence-electron chi connectivity index (χ3n) is 3.59. The molecule has 1 aliphatic heterocycles. The summed E-state index contributed by atoms with van der Waals surface area (Å²) < 4.78 is 11.5. The SMILES string of the molecule is Cc1sc(CNC(C)C)cc1COCC1CCCCO1. The van der Waals surface area contributed by atoms with E-state index >= 15 is 0 Å². The molecular weight excluding hydrogens is 270 g/mol. The Morgan fingerprint density at radius 1 is 1.45 bits per heavy atom. The van der Waals surface area contributed by atoms with Crippen LogP contribution in [-0.4, -0.2) is 25.4 Å². The monoisotopic (exact) mass is 297 g/mol. The van der Waals surface area contributed by atoms with Gasteiger partial charge in [-0.2, -0.15) is 0 Å². The van der Waals surface area contributed by atoms with Gasteiger partial charge in [0.25, 0.3) is 0 Å². The topological polar surface area (TPSA) is 30.5 Å². The molecule has 0 saturated carbocycles. The van der Waals surface area contributed by atoms with Gasteiger partial charge in [-0.1, -0.05) is 13.8 Å². The molecule has 0 radical (unpaired) electrons. The Labute approximate surface area is 126 Å². The highest BCUT2D eigenvalue weighted by Gasteiger charge is 2.14. The minimum atomic E-state index is 0.310. The Morgan fingerprint density at radius 2 is 2.30 bits per heavy atom. The molecule has 0 bridgehead atoms. The first-order valence-electron chi connectivity index (χ1n) is 7.66. The number of aryl methyl sites for hydroxylation is 1. The van der Waals surface area contributed by atoms with E-state index in [1.165, 1.54) is 28.2 Å². The van der Waals surface area contributed by atoms with Gasteiger partial charge in [0.05, 0.1) is 19.3 Å². The third kappa shape index (κ3) is 5.17. The number of ether oxygens (including phenoxy) is 2. The summed E-state index contributed by atoms with van der Waals surface area (Å²) in [5.41, 5.74) is 1.33. The second-order valence-electron chi connectivity index (χ2n) is 5.83. The lowest BCUT2D eigenvalue weighted by molar-refractivity contribution is -0.0447. The first kappa shape index (κ1) is 16.0. The van der Waals surface area contributed by atoms with Crippen LogP contribution in [-0.2, 0) is 22.6 Å². The predicted octanol–water partition coefficient (Wildman–Crippen LogP) is 3.64. The van der Waals surface area contributed by atoms with Gasteiger partial charge >= 0.3 is 0 Å². The molecule has 0 spiro atoms. The van der Waals surface area contributed by atoms with Crippen molar-refractivity contribution < 1.29 is 9.47 Å². The number of rotatable bonds is 7.